The molecule has 0 unspecified atom stereocenters. The molecule has 0 aliphatic rings. The van der Waals surface area contributed by atoms with E-state index in [1.807, 2.05) is 32.8 Å². The highest BCUT2D eigenvalue weighted by Crippen LogP contribution is 2.17. The Morgan fingerprint density at radius 1 is 1.33 bits per heavy atom. The lowest BCUT2D eigenvalue weighted by Gasteiger charge is -2.19. The Kier molecular flexibility index (Phi) is 5.58. The van der Waals surface area contributed by atoms with Gasteiger partial charge in [-0.1, -0.05) is 0 Å². The highest BCUT2D eigenvalue weighted by atomic mass is 16.6. The maximum atomic E-state index is 11.9. The summed E-state index contributed by atoms with van der Waals surface area (Å²) in [6.07, 6.45) is 1.38. The molecule has 0 spiro atoms. The van der Waals surface area contributed by atoms with Gasteiger partial charge in [-0.15, -0.1) is 0 Å². The molecule has 0 saturated carbocycles. The summed E-state index contributed by atoms with van der Waals surface area (Å²) in [6.45, 7) is 5.77. The van der Waals surface area contributed by atoms with Crippen molar-refractivity contribution in [1.82, 2.24) is 14.8 Å². The maximum Gasteiger partial charge on any atom is 0.415 e. The fourth-order valence-electron chi connectivity index (χ4n) is 1.57. The zero-order valence-electron chi connectivity index (χ0n) is 11.5. The van der Waals surface area contributed by atoms with Gasteiger partial charge in [0.25, 0.3) is 0 Å². The minimum atomic E-state index is -0.326. The summed E-state index contributed by atoms with van der Waals surface area (Å²) < 4.78 is 5.39. The first kappa shape index (κ1) is 14.4. The third kappa shape index (κ3) is 4.00. The molecular weight excluding hydrogens is 230 g/mol. The van der Waals surface area contributed by atoms with Crippen molar-refractivity contribution < 1.29 is 9.53 Å². The zero-order chi connectivity index (χ0) is 13.5. The Labute approximate surface area is 108 Å². The number of carbonyl (C=O) groups excluding carboxylic acids is 1. The number of pyridine rings is 1. The summed E-state index contributed by atoms with van der Waals surface area (Å²) in [6, 6.07) is 3.54. The second kappa shape index (κ2) is 6.96. The van der Waals surface area contributed by atoms with Crippen LogP contribution in [-0.2, 0) is 6.54 Å². The summed E-state index contributed by atoms with van der Waals surface area (Å²) in [4.78, 5) is 19.7. The summed E-state index contributed by atoms with van der Waals surface area (Å²) in [7, 11) is 3.90. The van der Waals surface area contributed by atoms with Gasteiger partial charge in [-0.25, -0.2) is 4.79 Å². The normalized spacial score (nSPS) is 10.5. The van der Waals surface area contributed by atoms with Crippen molar-refractivity contribution in [2.24, 2.45) is 0 Å². The van der Waals surface area contributed by atoms with Crippen LogP contribution in [0, 0.1) is 0 Å². The summed E-state index contributed by atoms with van der Waals surface area (Å²) in [5.41, 5.74) is 0.767. The molecule has 0 aliphatic carbocycles. The minimum absolute atomic E-state index is 0.326. The Morgan fingerprint density at radius 3 is 2.56 bits per heavy atom. The van der Waals surface area contributed by atoms with Gasteiger partial charge in [0.15, 0.2) is 5.75 Å². The average molecular weight is 251 g/mol. The topological polar surface area (TPSA) is 45.7 Å². The first-order valence-corrected chi connectivity index (χ1v) is 6.13. The largest absolute Gasteiger partial charge is 0.415 e. The Morgan fingerprint density at radius 2 is 2.00 bits per heavy atom. The van der Waals surface area contributed by atoms with Crippen LogP contribution in [0.2, 0.25) is 0 Å². The molecule has 0 bridgehead atoms. The zero-order valence-corrected chi connectivity index (χ0v) is 11.5. The van der Waals surface area contributed by atoms with E-state index in [0.717, 1.165) is 5.69 Å². The van der Waals surface area contributed by atoms with Gasteiger partial charge in [-0.3, -0.25) is 4.98 Å². The number of hydrogen-bond acceptors (Lipinski definition) is 4. The maximum absolute atomic E-state index is 11.9. The van der Waals surface area contributed by atoms with Crippen molar-refractivity contribution in [2.45, 2.75) is 20.4 Å². The first-order chi connectivity index (χ1) is 8.58. The number of amides is 1. The third-order valence-electron chi connectivity index (χ3n) is 2.53. The second-order valence-electron chi connectivity index (χ2n) is 4.23. The molecule has 0 saturated heterocycles. The number of aromatic nitrogens is 1. The van der Waals surface area contributed by atoms with Gasteiger partial charge in [0.1, 0.15) is 0 Å². The molecule has 1 amide bonds. The average Bonchev–Trinajstić information content (AvgIpc) is 2.32. The predicted molar refractivity (Wildman–Crippen MR) is 70.6 cm³/mol. The standard InChI is InChI=1S/C13H21N3O2/c1-5-16(6-2)13(17)18-12-8-7-9-14-11(12)10-15(3)4/h7-9H,5-6,10H2,1-4H3. The van der Waals surface area contributed by atoms with Crippen LogP contribution in [-0.4, -0.2) is 48.1 Å². The van der Waals surface area contributed by atoms with Crippen LogP contribution in [0.3, 0.4) is 0 Å². The SMILES string of the molecule is CCN(CC)C(=O)Oc1cccnc1CN(C)C. The van der Waals surface area contributed by atoms with E-state index >= 15 is 0 Å². The molecule has 1 rings (SSSR count). The molecule has 0 radical (unpaired) electrons. The van der Waals surface area contributed by atoms with Crippen LogP contribution >= 0.6 is 0 Å². The van der Waals surface area contributed by atoms with Crippen molar-refractivity contribution >= 4 is 6.09 Å². The van der Waals surface area contributed by atoms with E-state index in [9.17, 15) is 4.79 Å². The monoisotopic (exact) mass is 251 g/mol. The molecule has 0 aromatic carbocycles. The van der Waals surface area contributed by atoms with Crippen molar-refractivity contribution in [1.29, 1.82) is 0 Å². The Balaban J connectivity index is 2.80. The molecule has 100 valence electrons. The van der Waals surface area contributed by atoms with Crippen LogP contribution in [0.1, 0.15) is 19.5 Å². The molecule has 0 fully saturated rings. The highest BCUT2D eigenvalue weighted by molar-refractivity contribution is 5.70. The van der Waals surface area contributed by atoms with Crippen LogP contribution in [0.4, 0.5) is 4.79 Å². The Bertz CT molecular complexity index is 390. The first-order valence-electron chi connectivity index (χ1n) is 6.13. The third-order valence-corrected chi connectivity index (χ3v) is 2.53. The van der Waals surface area contributed by atoms with Gasteiger partial charge in [0.05, 0.1) is 5.69 Å². The van der Waals surface area contributed by atoms with Gasteiger partial charge < -0.3 is 14.5 Å². The van der Waals surface area contributed by atoms with E-state index < -0.39 is 0 Å². The van der Waals surface area contributed by atoms with Crippen molar-refractivity contribution in [3.63, 3.8) is 0 Å². The molecule has 0 aliphatic heterocycles. The molecule has 5 nitrogen and oxygen atoms in total. The number of nitrogens with zero attached hydrogens (tertiary/aromatic N) is 3. The molecule has 1 heterocycles. The molecule has 18 heavy (non-hydrogen) atoms. The van der Waals surface area contributed by atoms with Crippen LogP contribution in [0.5, 0.6) is 5.75 Å². The molecule has 1 aromatic heterocycles. The fourth-order valence-corrected chi connectivity index (χ4v) is 1.57. The van der Waals surface area contributed by atoms with E-state index in [2.05, 4.69) is 4.98 Å². The number of rotatable bonds is 5. The molecular formula is C13H21N3O2. The van der Waals surface area contributed by atoms with Gasteiger partial charge in [-0.05, 0) is 40.1 Å². The Hall–Kier alpha value is -1.62. The van der Waals surface area contributed by atoms with E-state index in [4.69, 9.17) is 4.74 Å². The molecule has 5 heteroatoms. The van der Waals surface area contributed by atoms with E-state index in [-0.39, 0.29) is 6.09 Å². The van der Waals surface area contributed by atoms with Gasteiger partial charge in [0.2, 0.25) is 0 Å². The van der Waals surface area contributed by atoms with Crippen molar-refractivity contribution in [3.8, 4) is 5.75 Å². The molecule has 0 N–H and O–H groups in total. The van der Waals surface area contributed by atoms with Crippen LogP contribution in [0.25, 0.3) is 0 Å². The summed E-state index contributed by atoms with van der Waals surface area (Å²) >= 11 is 0. The lowest BCUT2D eigenvalue weighted by molar-refractivity contribution is 0.156. The van der Waals surface area contributed by atoms with Gasteiger partial charge in [0, 0.05) is 25.8 Å². The number of carbonyl (C=O) groups is 1. The summed E-state index contributed by atoms with van der Waals surface area (Å²) in [5, 5.41) is 0. The molecule has 1 aromatic rings. The van der Waals surface area contributed by atoms with E-state index in [0.29, 0.717) is 25.4 Å². The second-order valence-corrected chi connectivity index (χ2v) is 4.23. The smallest absolute Gasteiger partial charge is 0.408 e. The van der Waals surface area contributed by atoms with Gasteiger partial charge in [-0.2, -0.15) is 0 Å². The molecule has 0 atom stereocenters. The fraction of sp³-hybridized carbons (Fsp3) is 0.538. The van der Waals surface area contributed by atoms with E-state index in [1.165, 1.54) is 0 Å². The van der Waals surface area contributed by atoms with Crippen LogP contribution in [0.15, 0.2) is 18.3 Å². The van der Waals surface area contributed by atoms with Crippen LogP contribution < -0.4 is 4.74 Å². The number of hydrogen-bond donors (Lipinski definition) is 0. The van der Waals surface area contributed by atoms with Crippen molar-refractivity contribution in [3.05, 3.63) is 24.0 Å². The highest BCUT2D eigenvalue weighted by Gasteiger charge is 2.15. The quantitative estimate of drug-likeness (QED) is 0.802. The van der Waals surface area contributed by atoms with E-state index in [1.54, 1.807) is 23.2 Å². The van der Waals surface area contributed by atoms with Crippen molar-refractivity contribution in [2.75, 3.05) is 27.2 Å². The predicted octanol–water partition coefficient (Wildman–Crippen LogP) is 1.98. The number of ether oxygens (including phenoxy) is 1. The minimum Gasteiger partial charge on any atom is -0.408 e. The lowest BCUT2D eigenvalue weighted by Crippen LogP contribution is -2.33. The lowest BCUT2D eigenvalue weighted by atomic mass is 10.3. The van der Waals surface area contributed by atoms with Gasteiger partial charge >= 0.3 is 6.09 Å². The summed E-state index contributed by atoms with van der Waals surface area (Å²) in [5.74, 6) is 0.531.